The molecule has 0 radical (unpaired) electrons. The number of methoxy groups -OCH3 is 1. The Bertz CT molecular complexity index is 783. The van der Waals surface area contributed by atoms with Crippen LogP contribution in [0, 0.1) is 0 Å². The topological polar surface area (TPSA) is 54.0 Å². The maximum absolute atomic E-state index is 11.1. The predicted molar refractivity (Wildman–Crippen MR) is 82.7 cm³/mol. The van der Waals surface area contributed by atoms with Crippen molar-refractivity contribution in [3.63, 3.8) is 0 Å². The Labute approximate surface area is 133 Å². The number of carbonyl (C=O) groups is 1. The molecule has 23 heavy (non-hydrogen) atoms. The lowest BCUT2D eigenvalue weighted by atomic mass is 9.91. The van der Waals surface area contributed by atoms with E-state index in [4.69, 9.17) is 18.9 Å². The molecule has 0 bridgehead atoms. The fourth-order valence-corrected chi connectivity index (χ4v) is 3.17. The normalized spacial score (nSPS) is 20.8. The van der Waals surface area contributed by atoms with E-state index in [-0.39, 0.29) is 18.8 Å². The minimum atomic E-state index is -0.157. The first-order chi connectivity index (χ1) is 11.2. The molecule has 2 aromatic carbocycles. The Morgan fingerprint density at radius 3 is 2.78 bits per heavy atom. The first-order valence-corrected chi connectivity index (χ1v) is 7.44. The van der Waals surface area contributed by atoms with Crippen LogP contribution < -0.4 is 18.9 Å². The van der Waals surface area contributed by atoms with Gasteiger partial charge in [0.25, 0.3) is 0 Å². The molecule has 2 aliphatic rings. The summed E-state index contributed by atoms with van der Waals surface area (Å²) in [5.74, 6) is 2.86. The van der Waals surface area contributed by atoms with Crippen LogP contribution in [0.3, 0.4) is 0 Å². The first kappa shape index (κ1) is 13.9. The second-order valence-electron chi connectivity index (χ2n) is 5.70. The standard InChI is InChI=1S/C18H16O5/c1-10-13-5-11(8-19)6-16(20-2)18(13)23-17(10)12-3-4-14-15(7-12)22-9-21-14/h3-8,10,17H,9H2,1-2H3/t10-,17-/m0/s1. The van der Waals surface area contributed by atoms with Gasteiger partial charge in [-0.05, 0) is 29.8 Å². The number of rotatable bonds is 3. The molecule has 0 aliphatic carbocycles. The average molecular weight is 312 g/mol. The Hall–Kier alpha value is -2.69. The summed E-state index contributed by atoms with van der Waals surface area (Å²) in [6, 6.07) is 9.38. The van der Waals surface area contributed by atoms with Gasteiger partial charge in [-0.1, -0.05) is 13.0 Å². The van der Waals surface area contributed by atoms with Gasteiger partial charge in [-0.25, -0.2) is 0 Å². The molecule has 4 rings (SSSR count). The van der Waals surface area contributed by atoms with E-state index >= 15 is 0 Å². The third-order valence-corrected chi connectivity index (χ3v) is 4.38. The number of benzene rings is 2. The molecule has 0 N–H and O–H groups in total. The van der Waals surface area contributed by atoms with Crippen molar-refractivity contribution < 1.29 is 23.7 Å². The van der Waals surface area contributed by atoms with Gasteiger partial charge in [-0.15, -0.1) is 0 Å². The van der Waals surface area contributed by atoms with Crippen LogP contribution in [0.1, 0.15) is 40.4 Å². The van der Waals surface area contributed by atoms with Gasteiger partial charge < -0.3 is 18.9 Å². The van der Waals surface area contributed by atoms with Gasteiger partial charge in [0.15, 0.2) is 23.0 Å². The summed E-state index contributed by atoms with van der Waals surface area (Å²) in [7, 11) is 1.58. The highest BCUT2D eigenvalue weighted by Gasteiger charge is 2.35. The SMILES string of the molecule is COc1cc(C=O)cc2c1O[C@H](c1ccc3c(c1)OCO3)[C@H]2C. The molecule has 0 saturated heterocycles. The van der Waals surface area contributed by atoms with Gasteiger partial charge >= 0.3 is 0 Å². The van der Waals surface area contributed by atoms with Gasteiger partial charge in [0, 0.05) is 17.0 Å². The average Bonchev–Trinajstić information content (AvgIpc) is 3.18. The second-order valence-corrected chi connectivity index (χ2v) is 5.70. The van der Waals surface area contributed by atoms with Gasteiger partial charge in [0.2, 0.25) is 6.79 Å². The van der Waals surface area contributed by atoms with E-state index in [0.717, 1.165) is 28.9 Å². The number of ether oxygens (including phenoxy) is 4. The van der Waals surface area contributed by atoms with E-state index in [2.05, 4.69) is 6.92 Å². The first-order valence-electron chi connectivity index (χ1n) is 7.44. The van der Waals surface area contributed by atoms with Crippen LogP contribution in [-0.2, 0) is 0 Å². The monoisotopic (exact) mass is 312 g/mol. The lowest BCUT2D eigenvalue weighted by molar-refractivity contribution is 0.112. The maximum Gasteiger partial charge on any atom is 0.231 e. The number of hydrogen-bond donors (Lipinski definition) is 0. The number of fused-ring (bicyclic) bond motifs is 2. The van der Waals surface area contributed by atoms with Crippen LogP contribution in [0.2, 0.25) is 0 Å². The van der Waals surface area contributed by atoms with E-state index in [1.807, 2.05) is 24.3 Å². The summed E-state index contributed by atoms with van der Waals surface area (Å²) in [6.07, 6.45) is 0.666. The van der Waals surface area contributed by atoms with E-state index in [0.29, 0.717) is 17.1 Å². The molecular formula is C18H16O5. The smallest absolute Gasteiger partial charge is 0.231 e. The van der Waals surface area contributed by atoms with Gasteiger partial charge in [-0.2, -0.15) is 0 Å². The van der Waals surface area contributed by atoms with Crippen molar-refractivity contribution in [2.75, 3.05) is 13.9 Å². The summed E-state index contributed by atoms with van der Waals surface area (Å²) >= 11 is 0. The van der Waals surface area contributed by atoms with Crippen LogP contribution >= 0.6 is 0 Å². The van der Waals surface area contributed by atoms with Gasteiger partial charge in [-0.3, -0.25) is 4.79 Å². The van der Waals surface area contributed by atoms with Crippen molar-refractivity contribution >= 4 is 6.29 Å². The molecule has 2 aliphatic heterocycles. The molecule has 2 aromatic rings. The second kappa shape index (κ2) is 5.19. The van der Waals surface area contributed by atoms with E-state index in [9.17, 15) is 4.79 Å². The van der Waals surface area contributed by atoms with Crippen molar-refractivity contribution in [3.05, 3.63) is 47.0 Å². The lowest BCUT2D eigenvalue weighted by Crippen LogP contribution is -2.07. The molecule has 2 atom stereocenters. The fourth-order valence-electron chi connectivity index (χ4n) is 3.17. The van der Waals surface area contributed by atoms with Crippen LogP contribution in [0.15, 0.2) is 30.3 Å². The Morgan fingerprint density at radius 2 is 2.00 bits per heavy atom. The largest absolute Gasteiger partial charge is 0.493 e. The summed E-state index contributed by atoms with van der Waals surface area (Å²) in [6.45, 7) is 2.33. The predicted octanol–water partition coefficient (Wildman–Crippen LogP) is 3.47. The number of hydrogen-bond acceptors (Lipinski definition) is 5. The third-order valence-electron chi connectivity index (χ3n) is 4.38. The highest BCUT2D eigenvalue weighted by Crippen LogP contribution is 2.51. The van der Waals surface area contributed by atoms with Gasteiger partial charge in [0.05, 0.1) is 7.11 Å². The summed E-state index contributed by atoms with van der Waals surface area (Å²) in [5.41, 5.74) is 2.57. The van der Waals surface area contributed by atoms with E-state index in [1.165, 1.54) is 0 Å². The third kappa shape index (κ3) is 2.11. The van der Waals surface area contributed by atoms with Crippen LogP contribution in [0.4, 0.5) is 0 Å². The van der Waals surface area contributed by atoms with Crippen molar-refractivity contribution in [1.29, 1.82) is 0 Å². The minimum Gasteiger partial charge on any atom is -0.493 e. The minimum absolute atomic E-state index is 0.0965. The molecule has 0 aromatic heterocycles. The lowest BCUT2D eigenvalue weighted by Gasteiger charge is -2.16. The Morgan fingerprint density at radius 1 is 1.17 bits per heavy atom. The van der Waals surface area contributed by atoms with Crippen LogP contribution in [-0.4, -0.2) is 20.2 Å². The molecule has 5 nitrogen and oxygen atoms in total. The molecule has 2 heterocycles. The molecule has 5 heteroatoms. The van der Waals surface area contributed by atoms with Gasteiger partial charge in [0.1, 0.15) is 12.4 Å². The zero-order valence-corrected chi connectivity index (χ0v) is 12.9. The van der Waals surface area contributed by atoms with Crippen molar-refractivity contribution in [2.45, 2.75) is 18.9 Å². The van der Waals surface area contributed by atoms with E-state index < -0.39 is 0 Å². The molecule has 0 saturated carbocycles. The zero-order valence-electron chi connectivity index (χ0n) is 12.9. The number of carbonyl (C=O) groups excluding carboxylic acids is 1. The molecule has 0 unspecified atom stereocenters. The van der Waals surface area contributed by atoms with Crippen molar-refractivity contribution in [3.8, 4) is 23.0 Å². The Kier molecular flexibility index (Phi) is 3.15. The van der Waals surface area contributed by atoms with E-state index in [1.54, 1.807) is 13.2 Å². The fraction of sp³-hybridized carbons (Fsp3) is 0.278. The molecule has 0 fully saturated rings. The zero-order chi connectivity index (χ0) is 16.0. The van der Waals surface area contributed by atoms with Crippen molar-refractivity contribution in [1.82, 2.24) is 0 Å². The van der Waals surface area contributed by atoms with Crippen molar-refractivity contribution in [2.24, 2.45) is 0 Å². The summed E-state index contributed by atoms with van der Waals surface area (Å²) in [4.78, 5) is 11.1. The molecule has 118 valence electrons. The highest BCUT2D eigenvalue weighted by molar-refractivity contribution is 5.78. The van der Waals surface area contributed by atoms with Crippen LogP contribution in [0.25, 0.3) is 0 Å². The number of aldehydes is 1. The quantitative estimate of drug-likeness (QED) is 0.812. The maximum atomic E-state index is 11.1. The summed E-state index contributed by atoms with van der Waals surface area (Å²) in [5, 5.41) is 0. The highest BCUT2D eigenvalue weighted by atomic mass is 16.7. The summed E-state index contributed by atoms with van der Waals surface area (Å²) < 4.78 is 22.3. The molecule has 0 spiro atoms. The van der Waals surface area contributed by atoms with Crippen LogP contribution in [0.5, 0.6) is 23.0 Å². The molecular weight excluding hydrogens is 296 g/mol. The molecule has 0 amide bonds. The Balaban J connectivity index is 1.74.